The number of nitrogens with two attached hydrogens (primary N) is 1. The standard InChI is InChI=1S/C10H14FNS2/c1-2-13-5-6-14-10-4-3-8(12)7-9(10)11/h3-4,7H,2,5-6,12H2,1H3. The number of anilines is 1. The fraction of sp³-hybridized carbons (Fsp3) is 0.400. The van der Waals surface area contributed by atoms with E-state index in [1.54, 1.807) is 23.9 Å². The second-order valence-electron chi connectivity index (χ2n) is 2.74. The van der Waals surface area contributed by atoms with Gasteiger partial charge >= 0.3 is 0 Å². The molecule has 0 atom stereocenters. The van der Waals surface area contributed by atoms with Crippen molar-refractivity contribution in [3.63, 3.8) is 0 Å². The third-order valence-corrected chi connectivity index (χ3v) is 3.86. The molecule has 4 heteroatoms. The van der Waals surface area contributed by atoms with E-state index in [1.807, 2.05) is 11.8 Å². The zero-order chi connectivity index (χ0) is 10.4. The SMILES string of the molecule is CCSCCSc1ccc(N)cc1F. The molecule has 0 aliphatic rings. The number of thioether (sulfide) groups is 2. The molecule has 1 rings (SSSR count). The van der Waals surface area contributed by atoms with E-state index in [9.17, 15) is 4.39 Å². The molecule has 1 aromatic carbocycles. The molecular formula is C10H14FNS2. The quantitative estimate of drug-likeness (QED) is 0.478. The second-order valence-corrected chi connectivity index (χ2v) is 5.27. The van der Waals surface area contributed by atoms with Crippen molar-refractivity contribution in [1.82, 2.24) is 0 Å². The molecule has 0 aliphatic heterocycles. The first-order valence-corrected chi connectivity index (χ1v) is 6.63. The van der Waals surface area contributed by atoms with Crippen LogP contribution in [0.3, 0.4) is 0 Å². The van der Waals surface area contributed by atoms with E-state index in [2.05, 4.69) is 6.92 Å². The summed E-state index contributed by atoms with van der Waals surface area (Å²) in [5.74, 6) is 2.91. The average Bonchev–Trinajstić information content (AvgIpc) is 2.15. The predicted octanol–water partition coefficient (Wildman–Crippen LogP) is 3.25. The molecular weight excluding hydrogens is 217 g/mol. The minimum absolute atomic E-state index is 0.212. The van der Waals surface area contributed by atoms with Crippen LogP contribution >= 0.6 is 23.5 Å². The van der Waals surface area contributed by atoms with Gasteiger partial charge in [-0.1, -0.05) is 6.92 Å². The van der Waals surface area contributed by atoms with Crippen molar-refractivity contribution in [3.8, 4) is 0 Å². The fourth-order valence-electron chi connectivity index (χ4n) is 0.989. The van der Waals surface area contributed by atoms with Crippen molar-refractivity contribution in [2.24, 2.45) is 0 Å². The summed E-state index contributed by atoms with van der Waals surface area (Å²) >= 11 is 3.41. The Bertz CT molecular complexity index is 291. The highest BCUT2D eigenvalue weighted by atomic mass is 32.2. The summed E-state index contributed by atoms with van der Waals surface area (Å²) in [6, 6.07) is 4.85. The molecule has 0 aliphatic carbocycles. The molecule has 0 amide bonds. The topological polar surface area (TPSA) is 26.0 Å². The third-order valence-electron chi connectivity index (χ3n) is 1.65. The molecule has 1 aromatic rings. The van der Waals surface area contributed by atoms with Gasteiger partial charge in [-0.05, 0) is 24.0 Å². The maximum Gasteiger partial charge on any atom is 0.138 e. The molecule has 0 aromatic heterocycles. The average molecular weight is 231 g/mol. The number of rotatable bonds is 5. The summed E-state index contributed by atoms with van der Waals surface area (Å²) in [5, 5.41) is 0. The maximum absolute atomic E-state index is 13.3. The Morgan fingerprint density at radius 2 is 2.14 bits per heavy atom. The minimum Gasteiger partial charge on any atom is -0.399 e. The first-order valence-electron chi connectivity index (χ1n) is 4.49. The lowest BCUT2D eigenvalue weighted by atomic mass is 10.3. The van der Waals surface area contributed by atoms with Crippen LogP contribution in [-0.4, -0.2) is 17.3 Å². The largest absolute Gasteiger partial charge is 0.399 e. The number of benzene rings is 1. The maximum atomic E-state index is 13.3. The lowest BCUT2D eigenvalue weighted by Gasteiger charge is -2.03. The Morgan fingerprint density at radius 1 is 1.36 bits per heavy atom. The van der Waals surface area contributed by atoms with E-state index >= 15 is 0 Å². The smallest absolute Gasteiger partial charge is 0.138 e. The first-order chi connectivity index (χ1) is 6.74. The van der Waals surface area contributed by atoms with Crippen molar-refractivity contribution in [2.45, 2.75) is 11.8 Å². The van der Waals surface area contributed by atoms with Gasteiger partial charge in [0.25, 0.3) is 0 Å². The summed E-state index contributed by atoms with van der Waals surface area (Å²) in [6.07, 6.45) is 0. The van der Waals surface area contributed by atoms with Gasteiger partial charge in [0.15, 0.2) is 0 Å². The molecule has 0 spiro atoms. The van der Waals surface area contributed by atoms with Gasteiger partial charge < -0.3 is 5.73 Å². The Labute approximate surface area is 92.6 Å². The van der Waals surface area contributed by atoms with Crippen LogP contribution in [-0.2, 0) is 0 Å². The van der Waals surface area contributed by atoms with Crippen molar-refractivity contribution in [1.29, 1.82) is 0 Å². The van der Waals surface area contributed by atoms with Crippen LogP contribution in [0.1, 0.15) is 6.92 Å². The van der Waals surface area contributed by atoms with Crippen molar-refractivity contribution in [3.05, 3.63) is 24.0 Å². The zero-order valence-electron chi connectivity index (χ0n) is 8.13. The lowest BCUT2D eigenvalue weighted by molar-refractivity contribution is 0.603. The highest BCUT2D eigenvalue weighted by Gasteiger charge is 2.02. The Hall–Kier alpha value is -0.350. The van der Waals surface area contributed by atoms with E-state index in [4.69, 9.17) is 5.73 Å². The van der Waals surface area contributed by atoms with Crippen LogP contribution in [0.4, 0.5) is 10.1 Å². The van der Waals surface area contributed by atoms with E-state index < -0.39 is 0 Å². The monoisotopic (exact) mass is 231 g/mol. The van der Waals surface area contributed by atoms with Crippen molar-refractivity contribution in [2.75, 3.05) is 23.0 Å². The minimum atomic E-state index is -0.212. The summed E-state index contributed by atoms with van der Waals surface area (Å²) in [6.45, 7) is 2.12. The Balaban J connectivity index is 2.42. The van der Waals surface area contributed by atoms with E-state index in [0.717, 1.165) is 17.3 Å². The van der Waals surface area contributed by atoms with Gasteiger partial charge in [-0.15, -0.1) is 11.8 Å². The van der Waals surface area contributed by atoms with Gasteiger partial charge in [0.2, 0.25) is 0 Å². The van der Waals surface area contributed by atoms with Crippen LogP contribution in [0.15, 0.2) is 23.1 Å². The number of halogens is 1. The van der Waals surface area contributed by atoms with Gasteiger partial charge in [-0.3, -0.25) is 0 Å². The van der Waals surface area contributed by atoms with Crippen molar-refractivity contribution >= 4 is 29.2 Å². The zero-order valence-corrected chi connectivity index (χ0v) is 9.76. The molecule has 78 valence electrons. The summed E-state index contributed by atoms with van der Waals surface area (Å²) in [4.78, 5) is 0.691. The Morgan fingerprint density at radius 3 is 2.79 bits per heavy atom. The fourth-order valence-corrected chi connectivity index (χ4v) is 2.66. The number of nitrogen functional groups attached to an aromatic ring is 1. The molecule has 0 saturated heterocycles. The van der Waals surface area contributed by atoms with E-state index in [-0.39, 0.29) is 5.82 Å². The number of hydrogen-bond donors (Lipinski definition) is 1. The van der Waals surface area contributed by atoms with Crippen LogP contribution in [0.25, 0.3) is 0 Å². The van der Waals surface area contributed by atoms with Gasteiger partial charge in [-0.2, -0.15) is 11.8 Å². The van der Waals surface area contributed by atoms with Crippen molar-refractivity contribution < 1.29 is 4.39 Å². The molecule has 0 bridgehead atoms. The molecule has 0 unspecified atom stereocenters. The van der Waals surface area contributed by atoms with Crippen LogP contribution in [0.2, 0.25) is 0 Å². The molecule has 1 nitrogen and oxygen atoms in total. The summed E-state index contributed by atoms with van der Waals surface area (Å²) in [7, 11) is 0. The predicted molar refractivity (Wildman–Crippen MR) is 64.5 cm³/mol. The highest BCUT2D eigenvalue weighted by molar-refractivity contribution is 8.02. The van der Waals surface area contributed by atoms with Gasteiger partial charge in [0, 0.05) is 22.1 Å². The normalized spacial score (nSPS) is 10.4. The summed E-state index contributed by atoms with van der Waals surface area (Å²) < 4.78 is 13.3. The molecule has 0 fully saturated rings. The lowest BCUT2D eigenvalue weighted by Crippen LogP contribution is -1.90. The first kappa shape index (κ1) is 11.7. The van der Waals surface area contributed by atoms with Gasteiger partial charge in [0.05, 0.1) is 0 Å². The summed E-state index contributed by atoms with van der Waals surface area (Å²) in [5.41, 5.74) is 5.93. The molecule has 14 heavy (non-hydrogen) atoms. The number of hydrogen-bond acceptors (Lipinski definition) is 3. The van der Waals surface area contributed by atoms with Crippen LogP contribution in [0, 0.1) is 5.82 Å². The van der Waals surface area contributed by atoms with E-state index in [1.165, 1.54) is 6.07 Å². The van der Waals surface area contributed by atoms with E-state index in [0.29, 0.717) is 10.6 Å². The van der Waals surface area contributed by atoms with Crippen LogP contribution in [0.5, 0.6) is 0 Å². The van der Waals surface area contributed by atoms with Gasteiger partial charge in [-0.25, -0.2) is 4.39 Å². The van der Waals surface area contributed by atoms with Gasteiger partial charge in [0.1, 0.15) is 5.82 Å². The highest BCUT2D eigenvalue weighted by Crippen LogP contribution is 2.24. The Kier molecular flexibility index (Phi) is 5.19. The van der Waals surface area contributed by atoms with Crippen LogP contribution < -0.4 is 5.73 Å². The molecule has 2 N–H and O–H groups in total. The second kappa shape index (κ2) is 6.19. The molecule has 0 radical (unpaired) electrons. The molecule has 0 saturated carbocycles. The third kappa shape index (κ3) is 3.80. The molecule has 0 heterocycles.